The van der Waals surface area contributed by atoms with Gasteiger partial charge in [-0.1, -0.05) is 0 Å². The lowest BCUT2D eigenvalue weighted by molar-refractivity contribution is 0.155. The maximum atomic E-state index is 10.8. The van der Waals surface area contributed by atoms with E-state index in [4.69, 9.17) is 10.4 Å². The molecule has 1 aliphatic rings. The van der Waals surface area contributed by atoms with Crippen LogP contribution in [0.15, 0.2) is 18.3 Å². The van der Waals surface area contributed by atoms with Crippen LogP contribution in [0.5, 0.6) is 0 Å². The third-order valence-corrected chi connectivity index (χ3v) is 2.73. The molecule has 0 bridgehead atoms. The van der Waals surface area contributed by atoms with Gasteiger partial charge in [-0.15, -0.1) is 0 Å². The van der Waals surface area contributed by atoms with Crippen LogP contribution < -0.4 is 5.32 Å². The molecule has 1 fully saturated rings. The third-order valence-electron chi connectivity index (χ3n) is 2.73. The van der Waals surface area contributed by atoms with Crippen LogP contribution in [0, 0.1) is 11.3 Å². The van der Waals surface area contributed by atoms with Crippen molar-refractivity contribution in [2.45, 2.75) is 12.5 Å². The van der Waals surface area contributed by atoms with E-state index in [9.17, 15) is 4.79 Å². The zero-order valence-corrected chi connectivity index (χ0v) is 9.13. The molecule has 0 saturated carbocycles. The monoisotopic (exact) mass is 232 g/mol. The number of amides is 1. The summed E-state index contributed by atoms with van der Waals surface area (Å²) < 4.78 is 0. The molecular weight excluding hydrogens is 220 g/mol. The predicted octanol–water partition coefficient (Wildman–Crippen LogP) is 1.12. The van der Waals surface area contributed by atoms with E-state index < -0.39 is 6.09 Å². The van der Waals surface area contributed by atoms with Gasteiger partial charge in [-0.05, 0) is 18.6 Å². The van der Waals surface area contributed by atoms with Crippen molar-refractivity contribution in [2.75, 3.05) is 18.4 Å². The Balaban J connectivity index is 2.03. The molecule has 0 spiro atoms. The number of aromatic nitrogens is 1. The Bertz CT molecular complexity index is 469. The lowest BCUT2D eigenvalue weighted by Gasteiger charge is -2.14. The highest BCUT2D eigenvalue weighted by molar-refractivity contribution is 5.65. The smallest absolute Gasteiger partial charge is 0.407 e. The van der Waals surface area contributed by atoms with Crippen LogP contribution in [0.2, 0.25) is 0 Å². The lowest BCUT2D eigenvalue weighted by Crippen LogP contribution is -2.30. The first-order valence-corrected chi connectivity index (χ1v) is 5.30. The lowest BCUT2D eigenvalue weighted by atomic mass is 10.2. The van der Waals surface area contributed by atoms with Gasteiger partial charge >= 0.3 is 6.09 Å². The van der Waals surface area contributed by atoms with E-state index in [0.717, 1.165) is 6.42 Å². The highest BCUT2D eigenvalue weighted by Gasteiger charge is 2.26. The first kappa shape index (κ1) is 11.2. The molecule has 1 saturated heterocycles. The molecule has 0 aliphatic carbocycles. The summed E-state index contributed by atoms with van der Waals surface area (Å²) in [7, 11) is 0. The minimum Gasteiger partial charge on any atom is -0.465 e. The summed E-state index contributed by atoms with van der Waals surface area (Å²) in [5.74, 6) is 0.521. The molecule has 2 N–H and O–H groups in total. The number of hydrogen-bond donors (Lipinski definition) is 2. The van der Waals surface area contributed by atoms with Crippen molar-refractivity contribution in [1.29, 1.82) is 5.26 Å². The molecule has 6 heteroatoms. The van der Waals surface area contributed by atoms with Crippen LogP contribution in [-0.4, -0.2) is 40.2 Å². The van der Waals surface area contributed by atoms with Crippen molar-refractivity contribution in [2.24, 2.45) is 0 Å². The SMILES string of the molecule is N#Cc1cccnc1NC1CCN(C(=O)O)C1. The zero-order chi connectivity index (χ0) is 12.3. The number of nitrogens with one attached hydrogen (secondary N) is 1. The average Bonchev–Trinajstić information content (AvgIpc) is 2.78. The number of rotatable bonds is 2. The van der Waals surface area contributed by atoms with Gasteiger partial charge in [0.05, 0.1) is 5.56 Å². The van der Waals surface area contributed by atoms with E-state index >= 15 is 0 Å². The number of hydrogen-bond acceptors (Lipinski definition) is 4. The van der Waals surface area contributed by atoms with E-state index in [2.05, 4.69) is 10.3 Å². The average molecular weight is 232 g/mol. The number of carbonyl (C=O) groups is 1. The van der Waals surface area contributed by atoms with E-state index in [0.29, 0.717) is 24.5 Å². The number of likely N-dealkylation sites (tertiary alicyclic amines) is 1. The second-order valence-corrected chi connectivity index (χ2v) is 3.87. The van der Waals surface area contributed by atoms with Gasteiger partial charge in [0.1, 0.15) is 11.9 Å². The van der Waals surface area contributed by atoms with Gasteiger partial charge in [-0.2, -0.15) is 5.26 Å². The van der Waals surface area contributed by atoms with Crippen LogP contribution in [0.1, 0.15) is 12.0 Å². The molecule has 2 rings (SSSR count). The summed E-state index contributed by atoms with van der Waals surface area (Å²) in [6.07, 6.45) is 1.43. The summed E-state index contributed by atoms with van der Waals surface area (Å²) in [5.41, 5.74) is 0.473. The fourth-order valence-electron chi connectivity index (χ4n) is 1.86. The first-order chi connectivity index (χ1) is 8.20. The van der Waals surface area contributed by atoms with Gasteiger partial charge in [-0.25, -0.2) is 9.78 Å². The van der Waals surface area contributed by atoms with Crippen molar-refractivity contribution >= 4 is 11.9 Å². The van der Waals surface area contributed by atoms with Gasteiger partial charge in [0.15, 0.2) is 0 Å². The van der Waals surface area contributed by atoms with Crippen molar-refractivity contribution < 1.29 is 9.90 Å². The second-order valence-electron chi connectivity index (χ2n) is 3.87. The number of pyridine rings is 1. The van der Waals surface area contributed by atoms with Gasteiger partial charge in [0.25, 0.3) is 0 Å². The quantitative estimate of drug-likeness (QED) is 0.797. The minimum atomic E-state index is -0.907. The summed E-state index contributed by atoms with van der Waals surface area (Å²) in [6, 6.07) is 5.45. The van der Waals surface area contributed by atoms with E-state index in [1.54, 1.807) is 18.3 Å². The molecule has 17 heavy (non-hydrogen) atoms. The van der Waals surface area contributed by atoms with Gasteiger partial charge in [0.2, 0.25) is 0 Å². The summed E-state index contributed by atoms with van der Waals surface area (Å²) in [4.78, 5) is 16.2. The largest absolute Gasteiger partial charge is 0.465 e. The number of nitriles is 1. The van der Waals surface area contributed by atoms with Gasteiger partial charge in [-0.3, -0.25) is 0 Å². The highest BCUT2D eigenvalue weighted by Crippen LogP contribution is 2.16. The Labute approximate surface area is 98.5 Å². The normalized spacial score (nSPS) is 18.8. The standard InChI is InChI=1S/C11H12N4O2/c12-6-8-2-1-4-13-10(8)14-9-3-5-15(7-9)11(16)17/h1-2,4,9H,3,5,7H2,(H,13,14)(H,16,17). The van der Waals surface area contributed by atoms with Gasteiger partial charge < -0.3 is 15.3 Å². The number of anilines is 1. The van der Waals surface area contributed by atoms with Crippen molar-refractivity contribution in [3.8, 4) is 6.07 Å². The van der Waals surface area contributed by atoms with Crippen molar-refractivity contribution in [3.05, 3.63) is 23.9 Å². The summed E-state index contributed by atoms with van der Waals surface area (Å²) in [5, 5.41) is 20.8. The van der Waals surface area contributed by atoms with Crippen LogP contribution in [-0.2, 0) is 0 Å². The van der Waals surface area contributed by atoms with Crippen molar-refractivity contribution in [3.63, 3.8) is 0 Å². The molecule has 88 valence electrons. The highest BCUT2D eigenvalue weighted by atomic mass is 16.4. The molecule has 2 heterocycles. The Morgan fingerprint density at radius 1 is 1.71 bits per heavy atom. The molecule has 1 atom stereocenters. The Kier molecular flexibility index (Phi) is 3.10. The van der Waals surface area contributed by atoms with E-state index in [1.807, 2.05) is 6.07 Å². The van der Waals surface area contributed by atoms with E-state index in [-0.39, 0.29) is 6.04 Å². The molecule has 6 nitrogen and oxygen atoms in total. The number of carboxylic acid groups (broad SMARTS) is 1. The molecule has 1 aromatic rings. The maximum Gasteiger partial charge on any atom is 0.407 e. The molecule has 0 aromatic carbocycles. The molecule has 1 aromatic heterocycles. The third kappa shape index (κ3) is 2.45. The maximum absolute atomic E-state index is 10.8. The fourth-order valence-corrected chi connectivity index (χ4v) is 1.86. The van der Waals surface area contributed by atoms with Gasteiger partial charge in [0, 0.05) is 25.3 Å². The fraction of sp³-hybridized carbons (Fsp3) is 0.364. The van der Waals surface area contributed by atoms with Crippen LogP contribution >= 0.6 is 0 Å². The minimum absolute atomic E-state index is 0.0214. The topological polar surface area (TPSA) is 89.3 Å². The van der Waals surface area contributed by atoms with E-state index in [1.165, 1.54) is 4.90 Å². The van der Waals surface area contributed by atoms with Crippen molar-refractivity contribution in [1.82, 2.24) is 9.88 Å². The van der Waals surface area contributed by atoms with Crippen LogP contribution in [0.25, 0.3) is 0 Å². The molecule has 0 radical (unpaired) electrons. The molecular formula is C11H12N4O2. The first-order valence-electron chi connectivity index (χ1n) is 5.30. The van der Waals surface area contributed by atoms with Crippen LogP contribution in [0.4, 0.5) is 10.6 Å². The second kappa shape index (κ2) is 4.70. The summed E-state index contributed by atoms with van der Waals surface area (Å²) >= 11 is 0. The van der Waals surface area contributed by atoms with Crippen LogP contribution in [0.3, 0.4) is 0 Å². The molecule has 1 unspecified atom stereocenters. The Hall–Kier alpha value is -2.29. The zero-order valence-electron chi connectivity index (χ0n) is 9.13. The Morgan fingerprint density at radius 2 is 2.53 bits per heavy atom. The molecule has 1 amide bonds. The predicted molar refractivity (Wildman–Crippen MR) is 60.6 cm³/mol. The summed E-state index contributed by atoms with van der Waals surface area (Å²) in [6.45, 7) is 0.943. The Morgan fingerprint density at radius 3 is 3.18 bits per heavy atom. The molecule has 1 aliphatic heterocycles. The number of nitrogens with zero attached hydrogens (tertiary/aromatic N) is 3.